The van der Waals surface area contributed by atoms with Gasteiger partial charge >= 0.3 is 5.97 Å². The Morgan fingerprint density at radius 2 is 2.06 bits per heavy atom. The van der Waals surface area contributed by atoms with Gasteiger partial charge in [0, 0.05) is 5.92 Å². The minimum Gasteiger partial charge on any atom is -0.480 e. The van der Waals surface area contributed by atoms with Crippen LogP contribution in [0.25, 0.3) is 0 Å². The van der Waals surface area contributed by atoms with Crippen LogP contribution in [0, 0.1) is 5.92 Å². The highest BCUT2D eigenvalue weighted by atomic mass is 16.4. The molecule has 1 rings (SSSR count). The molecule has 5 nitrogen and oxygen atoms in total. The summed E-state index contributed by atoms with van der Waals surface area (Å²) in [7, 11) is 0. The largest absolute Gasteiger partial charge is 0.480 e. The monoisotopic (exact) mass is 242 g/mol. The number of aliphatic carboxylic acids is 1. The summed E-state index contributed by atoms with van der Waals surface area (Å²) in [5, 5.41) is 14.9. The third kappa shape index (κ3) is 4.73. The maximum atomic E-state index is 11.9. The first-order valence-electron chi connectivity index (χ1n) is 6.39. The van der Waals surface area contributed by atoms with E-state index in [-0.39, 0.29) is 11.8 Å². The van der Waals surface area contributed by atoms with Gasteiger partial charge in [0.1, 0.15) is 6.04 Å². The van der Waals surface area contributed by atoms with Gasteiger partial charge in [-0.1, -0.05) is 19.8 Å². The minimum absolute atomic E-state index is 0.0280. The van der Waals surface area contributed by atoms with E-state index >= 15 is 0 Å². The Balaban J connectivity index is 2.42. The second-order valence-corrected chi connectivity index (χ2v) is 4.57. The number of rotatable bonds is 6. The van der Waals surface area contributed by atoms with Crippen molar-refractivity contribution < 1.29 is 14.7 Å². The van der Waals surface area contributed by atoms with Gasteiger partial charge in [0.25, 0.3) is 0 Å². The lowest BCUT2D eigenvalue weighted by Gasteiger charge is -2.23. The van der Waals surface area contributed by atoms with Crippen LogP contribution in [0.3, 0.4) is 0 Å². The Morgan fingerprint density at radius 3 is 2.59 bits per heavy atom. The molecule has 17 heavy (non-hydrogen) atoms. The molecule has 98 valence electrons. The molecule has 1 aliphatic heterocycles. The molecule has 0 aromatic carbocycles. The molecule has 5 heteroatoms. The van der Waals surface area contributed by atoms with Crippen LogP contribution in [0.5, 0.6) is 0 Å². The van der Waals surface area contributed by atoms with Crippen molar-refractivity contribution in [1.29, 1.82) is 0 Å². The minimum atomic E-state index is -0.930. The van der Waals surface area contributed by atoms with E-state index in [1.54, 1.807) is 0 Å². The van der Waals surface area contributed by atoms with E-state index in [0.717, 1.165) is 38.8 Å². The summed E-state index contributed by atoms with van der Waals surface area (Å²) in [6.07, 6.45) is 3.87. The molecular weight excluding hydrogens is 220 g/mol. The number of carbonyl (C=O) groups is 2. The van der Waals surface area contributed by atoms with Gasteiger partial charge in [-0.05, 0) is 32.4 Å². The lowest BCUT2D eigenvalue weighted by Crippen LogP contribution is -2.45. The fourth-order valence-corrected chi connectivity index (χ4v) is 2.04. The van der Waals surface area contributed by atoms with Crippen LogP contribution in [-0.4, -0.2) is 36.1 Å². The van der Waals surface area contributed by atoms with Crippen LogP contribution >= 0.6 is 0 Å². The molecule has 0 aromatic heterocycles. The molecule has 0 bridgehead atoms. The van der Waals surface area contributed by atoms with E-state index in [2.05, 4.69) is 10.6 Å². The Kier molecular flexibility index (Phi) is 5.97. The number of carboxylic acid groups (broad SMARTS) is 1. The van der Waals surface area contributed by atoms with E-state index in [9.17, 15) is 9.59 Å². The Labute approximate surface area is 102 Å². The molecule has 1 atom stereocenters. The Bertz CT molecular complexity index is 262. The van der Waals surface area contributed by atoms with Crippen LogP contribution in [-0.2, 0) is 9.59 Å². The molecule has 0 saturated carbocycles. The van der Waals surface area contributed by atoms with Gasteiger partial charge in [-0.15, -0.1) is 0 Å². The zero-order valence-corrected chi connectivity index (χ0v) is 10.4. The lowest BCUT2D eigenvalue weighted by molar-refractivity contribution is -0.142. The quantitative estimate of drug-likeness (QED) is 0.642. The maximum absolute atomic E-state index is 11.9. The third-order valence-corrected chi connectivity index (χ3v) is 3.17. The summed E-state index contributed by atoms with van der Waals surface area (Å²) in [5.41, 5.74) is 0. The molecule has 1 aliphatic rings. The summed E-state index contributed by atoms with van der Waals surface area (Å²) in [5.74, 6) is -1.06. The smallest absolute Gasteiger partial charge is 0.326 e. The first-order valence-corrected chi connectivity index (χ1v) is 6.39. The number of carboxylic acids is 1. The van der Waals surface area contributed by atoms with Gasteiger partial charge in [0.2, 0.25) is 5.91 Å². The third-order valence-electron chi connectivity index (χ3n) is 3.17. The predicted molar refractivity (Wildman–Crippen MR) is 64.7 cm³/mol. The number of piperidine rings is 1. The topological polar surface area (TPSA) is 78.4 Å². The number of nitrogens with one attached hydrogen (secondary N) is 2. The second-order valence-electron chi connectivity index (χ2n) is 4.57. The van der Waals surface area contributed by atoms with Crippen molar-refractivity contribution in [2.24, 2.45) is 5.92 Å². The molecule has 1 fully saturated rings. The molecule has 1 amide bonds. The number of unbranched alkanes of at least 4 members (excludes halogenated alkanes) is 1. The average Bonchev–Trinajstić information content (AvgIpc) is 2.35. The van der Waals surface area contributed by atoms with Crippen LogP contribution in [0.15, 0.2) is 0 Å². The number of amides is 1. The predicted octanol–water partition coefficient (Wildman–Crippen LogP) is 0.746. The van der Waals surface area contributed by atoms with Gasteiger partial charge < -0.3 is 15.7 Å². The molecular formula is C12H22N2O3. The molecule has 0 aromatic rings. The van der Waals surface area contributed by atoms with Crippen molar-refractivity contribution in [2.75, 3.05) is 13.1 Å². The molecule has 3 N–H and O–H groups in total. The summed E-state index contributed by atoms with van der Waals surface area (Å²) in [6.45, 7) is 3.68. The van der Waals surface area contributed by atoms with Gasteiger partial charge in [-0.2, -0.15) is 0 Å². The Hall–Kier alpha value is -1.10. The van der Waals surface area contributed by atoms with Crippen molar-refractivity contribution in [1.82, 2.24) is 10.6 Å². The normalized spacial score (nSPS) is 18.6. The fraction of sp³-hybridized carbons (Fsp3) is 0.833. The van der Waals surface area contributed by atoms with Gasteiger partial charge in [-0.25, -0.2) is 4.79 Å². The highest BCUT2D eigenvalue weighted by Crippen LogP contribution is 2.12. The molecule has 0 radical (unpaired) electrons. The second kappa shape index (κ2) is 7.27. The van der Waals surface area contributed by atoms with Crippen LogP contribution in [0.2, 0.25) is 0 Å². The number of hydrogen-bond acceptors (Lipinski definition) is 3. The van der Waals surface area contributed by atoms with Gasteiger partial charge in [0.05, 0.1) is 0 Å². The molecule has 0 unspecified atom stereocenters. The zero-order valence-electron chi connectivity index (χ0n) is 10.4. The molecule has 0 spiro atoms. The Morgan fingerprint density at radius 1 is 1.41 bits per heavy atom. The summed E-state index contributed by atoms with van der Waals surface area (Å²) >= 11 is 0. The SMILES string of the molecule is CCCC[C@H](NC(=O)C1CCNCC1)C(=O)O. The van der Waals surface area contributed by atoms with Crippen molar-refractivity contribution in [3.63, 3.8) is 0 Å². The first-order chi connectivity index (χ1) is 8.15. The molecule has 1 saturated heterocycles. The highest BCUT2D eigenvalue weighted by Gasteiger charge is 2.25. The maximum Gasteiger partial charge on any atom is 0.326 e. The molecule has 0 aliphatic carbocycles. The van der Waals surface area contributed by atoms with E-state index in [1.807, 2.05) is 6.92 Å². The van der Waals surface area contributed by atoms with Crippen molar-refractivity contribution in [3.05, 3.63) is 0 Å². The van der Waals surface area contributed by atoms with E-state index in [4.69, 9.17) is 5.11 Å². The first kappa shape index (κ1) is 14.0. The number of carbonyl (C=O) groups excluding carboxylic acids is 1. The summed E-state index contributed by atoms with van der Waals surface area (Å²) in [4.78, 5) is 22.9. The summed E-state index contributed by atoms with van der Waals surface area (Å²) in [6, 6.07) is -0.725. The van der Waals surface area contributed by atoms with Crippen molar-refractivity contribution >= 4 is 11.9 Å². The fourth-order valence-electron chi connectivity index (χ4n) is 2.04. The summed E-state index contributed by atoms with van der Waals surface area (Å²) < 4.78 is 0. The van der Waals surface area contributed by atoms with Crippen LogP contribution in [0.1, 0.15) is 39.0 Å². The number of hydrogen-bond donors (Lipinski definition) is 3. The molecule has 1 heterocycles. The van der Waals surface area contributed by atoms with Crippen LogP contribution < -0.4 is 10.6 Å². The average molecular weight is 242 g/mol. The van der Waals surface area contributed by atoms with Crippen molar-refractivity contribution in [2.45, 2.75) is 45.1 Å². The highest BCUT2D eigenvalue weighted by molar-refractivity contribution is 5.85. The van der Waals surface area contributed by atoms with E-state index in [0.29, 0.717) is 6.42 Å². The van der Waals surface area contributed by atoms with Crippen LogP contribution in [0.4, 0.5) is 0 Å². The standard InChI is InChI=1S/C12H22N2O3/c1-2-3-4-10(12(16)17)14-11(15)9-5-7-13-8-6-9/h9-10,13H,2-8H2,1H3,(H,14,15)(H,16,17)/t10-/m0/s1. The van der Waals surface area contributed by atoms with Gasteiger partial charge in [-0.3, -0.25) is 4.79 Å². The zero-order chi connectivity index (χ0) is 12.7. The van der Waals surface area contributed by atoms with E-state index in [1.165, 1.54) is 0 Å². The van der Waals surface area contributed by atoms with Gasteiger partial charge in [0.15, 0.2) is 0 Å². The van der Waals surface area contributed by atoms with Crippen molar-refractivity contribution in [3.8, 4) is 0 Å². The lowest BCUT2D eigenvalue weighted by atomic mass is 9.96. The van der Waals surface area contributed by atoms with E-state index < -0.39 is 12.0 Å².